The number of rotatable bonds is 4. The van der Waals surface area contributed by atoms with Gasteiger partial charge in [-0.05, 0) is 24.8 Å². The monoisotopic (exact) mass is 311 g/mol. The fourth-order valence-corrected chi connectivity index (χ4v) is 2.90. The third-order valence-electron chi connectivity index (χ3n) is 4.04. The van der Waals surface area contributed by atoms with Gasteiger partial charge in [-0.1, -0.05) is 30.3 Å². The van der Waals surface area contributed by atoms with E-state index >= 15 is 0 Å². The Labute approximate surface area is 133 Å². The van der Waals surface area contributed by atoms with Crippen LogP contribution in [0.4, 0.5) is 0 Å². The maximum atomic E-state index is 12.6. The van der Waals surface area contributed by atoms with Gasteiger partial charge < -0.3 is 10.0 Å². The van der Waals surface area contributed by atoms with E-state index in [1.54, 1.807) is 0 Å². The molecule has 3 rings (SSSR count). The first-order valence-corrected chi connectivity index (χ1v) is 7.55. The van der Waals surface area contributed by atoms with Crippen LogP contribution in [0.5, 0.6) is 0 Å². The fraction of sp³-hybridized carbons (Fsp3) is 0.294. The summed E-state index contributed by atoms with van der Waals surface area (Å²) in [5.41, 5.74) is 1.23. The minimum absolute atomic E-state index is 0.144. The lowest BCUT2D eigenvalue weighted by Gasteiger charge is -2.24. The second-order valence-electron chi connectivity index (χ2n) is 5.58. The number of nitrogens with zero attached hydrogens (tertiary/aromatic N) is 3. The van der Waals surface area contributed by atoms with Crippen molar-refractivity contribution in [2.75, 3.05) is 6.54 Å². The van der Waals surface area contributed by atoms with Gasteiger partial charge >= 0.3 is 5.97 Å². The average molecular weight is 311 g/mol. The topological polar surface area (TPSA) is 83.4 Å². The first-order chi connectivity index (χ1) is 11.1. The summed E-state index contributed by atoms with van der Waals surface area (Å²) in [7, 11) is 0. The van der Waals surface area contributed by atoms with Crippen LogP contribution in [0, 0.1) is 0 Å². The Morgan fingerprint density at radius 1 is 1.13 bits per heavy atom. The number of carboxylic acids is 1. The summed E-state index contributed by atoms with van der Waals surface area (Å²) in [6.45, 7) is 0.693. The highest BCUT2D eigenvalue weighted by Crippen LogP contribution is 2.22. The van der Waals surface area contributed by atoms with Crippen LogP contribution in [0.3, 0.4) is 0 Å². The number of hydrogen-bond donors (Lipinski definition) is 1. The van der Waals surface area contributed by atoms with Crippen molar-refractivity contribution < 1.29 is 14.7 Å². The molecule has 1 aliphatic heterocycles. The number of carbonyl (C=O) groups is 2. The first-order valence-electron chi connectivity index (χ1n) is 7.55. The van der Waals surface area contributed by atoms with Crippen molar-refractivity contribution in [3.63, 3.8) is 0 Å². The van der Waals surface area contributed by atoms with Gasteiger partial charge in [-0.15, -0.1) is 0 Å². The second-order valence-corrected chi connectivity index (χ2v) is 5.58. The molecule has 1 aliphatic rings. The Hall–Kier alpha value is -2.76. The molecule has 1 amide bonds. The summed E-state index contributed by atoms with van der Waals surface area (Å²) in [4.78, 5) is 32.9. The van der Waals surface area contributed by atoms with Crippen LogP contribution in [0.2, 0.25) is 0 Å². The first kappa shape index (κ1) is 15.1. The third-order valence-corrected chi connectivity index (χ3v) is 4.04. The largest absolute Gasteiger partial charge is 0.476 e. The number of aromatic carboxylic acids is 1. The molecule has 1 fully saturated rings. The average Bonchev–Trinajstić information content (AvgIpc) is 3.03. The summed E-state index contributed by atoms with van der Waals surface area (Å²) < 4.78 is 0. The van der Waals surface area contributed by atoms with Gasteiger partial charge in [0.1, 0.15) is 5.69 Å². The molecule has 23 heavy (non-hydrogen) atoms. The lowest BCUT2D eigenvalue weighted by Crippen LogP contribution is -2.37. The Kier molecular flexibility index (Phi) is 4.32. The zero-order chi connectivity index (χ0) is 16.2. The summed E-state index contributed by atoms with van der Waals surface area (Å²) in [5, 5.41) is 8.83. The van der Waals surface area contributed by atoms with E-state index in [9.17, 15) is 9.59 Å². The number of benzene rings is 1. The van der Waals surface area contributed by atoms with Gasteiger partial charge in [0.05, 0.1) is 12.4 Å². The molecular formula is C17H17N3O3. The molecule has 0 aliphatic carbocycles. The Morgan fingerprint density at radius 3 is 2.48 bits per heavy atom. The lowest BCUT2D eigenvalue weighted by atomic mass is 10.0. The van der Waals surface area contributed by atoms with Crippen LogP contribution in [-0.4, -0.2) is 44.4 Å². The van der Waals surface area contributed by atoms with Crippen molar-refractivity contribution >= 4 is 11.9 Å². The van der Waals surface area contributed by atoms with E-state index < -0.39 is 5.97 Å². The van der Waals surface area contributed by atoms with Crippen molar-refractivity contribution in [3.05, 3.63) is 59.7 Å². The van der Waals surface area contributed by atoms with Crippen molar-refractivity contribution in [2.45, 2.75) is 25.3 Å². The van der Waals surface area contributed by atoms with Crippen LogP contribution in [0.1, 0.15) is 39.4 Å². The number of hydrogen-bond acceptors (Lipinski definition) is 4. The number of carboxylic acid groups (broad SMARTS) is 1. The Bertz CT molecular complexity index is 701. The molecule has 0 bridgehead atoms. The summed E-state index contributed by atoms with van der Waals surface area (Å²) in [6, 6.07) is 10.2. The Morgan fingerprint density at radius 2 is 1.83 bits per heavy atom. The van der Waals surface area contributed by atoms with Crippen molar-refractivity contribution in [2.24, 2.45) is 0 Å². The molecule has 1 aromatic carbocycles. The van der Waals surface area contributed by atoms with Gasteiger partial charge in [-0.3, -0.25) is 4.79 Å². The van der Waals surface area contributed by atoms with Gasteiger partial charge in [0.2, 0.25) is 0 Å². The van der Waals surface area contributed by atoms with Crippen molar-refractivity contribution in [1.82, 2.24) is 14.9 Å². The maximum Gasteiger partial charge on any atom is 0.356 e. The third kappa shape index (κ3) is 3.36. The predicted octanol–water partition coefficient (Wildman–Crippen LogP) is 2.02. The predicted molar refractivity (Wildman–Crippen MR) is 83.2 cm³/mol. The minimum Gasteiger partial charge on any atom is -0.476 e. The highest BCUT2D eigenvalue weighted by Gasteiger charge is 2.30. The van der Waals surface area contributed by atoms with Gasteiger partial charge in [-0.2, -0.15) is 0 Å². The molecule has 6 heteroatoms. The van der Waals surface area contributed by atoms with E-state index in [2.05, 4.69) is 22.1 Å². The number of aromatic nitrogens is 2. The molecule has 1 unspecified atom stereocenters. The van der Waals surface area contributed by atoms with E-state index in [1.807, 2.05) is 23.1 Å². The Balaban J connectivity index is 1.74. The van der Waals surface area contributed by atoms with Gasteiger partial charge in [0, 0.05) is 12.6 Å². The summed E-state index contributed by atoms with van der Waals surface area (Å²) in [5.74, 6) is -1.34. The highest BCUT2D eigenvalue weighted by atomic mass is 16.4. The summed E-state index contributed by atoms with van der Waals surface area (Å²) in [6.07, 6.45) is 5.10. The van der Waals surface area contributed by atoms with Crippen LogP contribution in [0.15, 0.2) is 42.7 Å². The number of carbonyl (C=O) groups excluding carboxylic acids is 1. The van der Waals surface area contributed by atoms with E-state index in [4.69, 9.17) is 5.11 Å². The molecule has 0 spiro atoms. The molecule has 118 valence electrons. The number of amides is 1. The van der Waals surface area contributed by atoms with E-state index in [1.165, 1.54) is 11.8 Å². The molecule has 2 aromatic rings. The van der Waals surface area contributed by atoms with E-state index in [-0.39, 0.29) is 23.3 Å². The fourth-order valence-electron chi connectivity index (χ4n) is 2.90. The number of likely N-dealkylation sites (tertiary alicyclic amines) is 1. The molecule has 6 nitrogen and oxygen atoms in total. The maximum absolute atomic E-state index is 12.6. The van der Waals surface area contributed by atoms with Gasteiger partial charge in [0.15, 0.2) is 5.69 Å². The molecule has 1 N–H and O–H groups in total. The lowest BCUT2D eigenvalue weighted by molar-refractivity contribution is 0.0683. The molecule has 1 saturated heterocycles. The van der Waals surface area contributed by atoms with Crippen LogP contribution in [-0.2, 0) is 6.42 Å². The van der Waals surface area contributed by atoms with Gasteiger partial charge in [-0.25, -0.2) is 14.8 Å². The molecule has 1 aromatic heterocycles. The minimum atomic E-state index is -1.15. The van der Waals surface area contributed by atoms with Crippen molar-refractivity contribution in [3.8, 4) is 0 Å². The molecule has 0 radical (unpaired) electrons. The molecule has 1 atom stereocenters. The molecule has 0 saturated carbocycles. The molecular weight excluding hydrogens is 294 g/mol. The second kappa shape index (κ2) is 6.56. The zero-order valence-corrected chi connectivity index (χ0v) is 12.6. The molecule has 2 heterocycles. The van der Waals surface area contributed by atoms with E-state index in [0.29, 0.717) is 6.54 Å². The van der Waals surface area contributed by atoms with Crippen molar-refractivity contribution in [1.29, 1.82) is 0 Å². The quantitative estimate of drug-likeness (QED) is 0.934. The zero-order valence-electron chi connectivity index (χ0n) is 12.6. The van der Waals surface area contributed by atoms with Crippen LogP contribution in [0.25, 0.3) is 0 Å². The standard InChI is InChI=1S/C17H17N3O3/c21-16(14-10-19-15(11-18-14)17(22)23)20-8-4-7-13(20)9-12-5-2-1-3-6-12/h1-3,5-6,10-11,13H,4,7-9H2,(H,22,23). The van der Waals surface area contributed by atoms with Crippen LogP contribution >= 0.6 is 0 Å². The van der Waals surface area contributed by atoms with E-state index in [0.717, 1.165) is 25.5 Å². The van der Waals surface area contributed by atoms with Gasteiger partial charge in [0.25, 0.3) is 5.91 Å². The normalized spacial score (nSPS) is 17.2. The highest BCUT2D eigenvalue weighted by molar-refractivity contribution is 5.93. The SMILES string of the molecule is O=C(O)c1cnc(C(=O)N2CCCC2Cc2ccccc2)cn1. The van der Waals surface area contributed by atoms with Crippen LogP contribution < -0.4 is 0 Å². The summed E-state index contributed by atoms with van der Waals surface area (Å²) >= 11 is 0. The smallest absolute Gasteiger partial charge is 0.356 e.